The van der Waals surface area contributed by atoms with E-state index in [1.807, 2.05) is 22.9 Å². The highest BCUT2D eigenvalue weighted by molar-refractivity contribution is 5.59. The lowest BCUT2D eigenvalue weighted by molar-refractivity contribution is 0.548. The zero-order chi connectivity index (χ0) is 12.1. The number of aromatic nitrogens is 4. The molecule has 1 heterocycles. The van der Waals surface area contributed by atoms with Crippen LogP contribution in [0.1, 0.15) is 18.4 Å². The van der Waals surface area contributed by atoms with Gasteiger partial charge >= 0.3 is 0 Å². The molecule has 0 aliphatic carbocycles. The van der Waals surface area contributed by atoms with Crippen molar-refractivity contribution in [1.82, 2.24) is 20.2 Å². The summed E-state index contributed by atoms with van der Waals surface area (Å²) in [5.41, 5.74) is 7.75. The first-order valence-electron chi connectivity index (χ1n) is 5.85. The lowest BCUT2D eigenvalue weighted by Gasteiger charge is -2.06. The van der Waals surface area contributed by atoms with Gasteiger partial charge in [0, 0.05) is 12.1 Å². The monoisotopic (exact) mass is 231 g/mol. The Kier molecular flexibility index (Phi) is 3.82. The van der Waals surface area contributed by atoms with Crippen molar-refractivity contribution in [2.45, 2.75) is 26.3 Å². The van der Waals surface area contributed by atoms with Crippen LogP contribution in [0.5, 0.6) is 0 Å². The first-order valence-corrected chi connectivity index (χ1v) is 5.85. The van der Waals surface area contributed by atoms with Gasteiger partial charge < -0.3 is 5.73 Å². The average molecular weight is 231 g/mol. The number of tetrazole rings is 1. The van der Waals surface area contributed by atoms with Gasteiger partial charge in [0.15, 0.2) is 5.82 Å². The topological polar surface area (TPSA) is 69.6 Å². The number of nitrogens with zero attached hydrogens (tertiary/aromatic N) is 4. The third-order valence-corrected chi connectivity index (χ3v) is 2.74. The zero-order valence-electron chi connectivity index (χ0n) is 10.0. The fraction of sp³-hybridized carbons (Fsp3) is 0.417. The van der Waals surface area contributed by atoms with E-state index >= 15 is 0 Å². The summed E-state index contributed by atoms with van der Waals surface area (Å²) in [6, 6.07) is 8.12. The standard InChI is InChI=1S/C12H17N5/c1-10-6-2-3-7-11(10)12-14-15-16-17(12)9-5-4-8-13/h2-3,6-7H,4-5,8-9,13H2,1H3. The van der Waals surface area contributed by atoms with Crippen LogP contribution in [-0.2, 0) is 6.54 Å². The van der Waals surface area contributed by atoms with Crippen LogP contribution < -0.4 is 5.73 Å². The molecule has 0 aliphatic rings. The second kappa shape index (κ2) is 5.54. The fourth-order valence-electron chi connectivity index (χ4n) is 1.78. The Bertz CT molecular complexity index is 477. The molecule has 0 atom stereocenters. The van der Waals surface area contributed by atoms with Crippen molar-refractivity contribution in [3.63, 3.8) is 0 Å². The van der Waals surface area contributed by atoms with Gasteiger partial charge in [-0.3, -0.25) is 0 Å². The van der Waals surface area contributed by atoms with Crippen molar-refractivity contribution in [3.05, 3.63) is 29.8 Å². The Labute approximate surface area is 101 Å². The van der Waals surface area contributed by atoms with Gasteiger partial charge in [-0.1, -0.05) is 24.3 Å². The predicted octanol–water partition coefficient (Wildman–Crippen LogP) is 1.39. The van der Waals surface area contributed by atoms with Crippen molar-refractivity contribution in [3.8, 4) is 11.4 Å². The third-order valence-electron chi connectivity index (χ3n) is 2.74. The van der Waals surface area contributed by atoms with Gasteiger partial charge in [-0.25, -0.2) is 4.68 Å². The highest BCUT2D eigenvalue weighted by Crippen LogP contribution is 2.19. The summed E-state index contributed by atoms with van der Waals surface area (Å²) in [6.07, 6.45) is 1.99. The fourth-order valence-corrected chi connectivity index (χ4v) is 1.78. The van der Waals surface area contributed by atoms with Gasteiger partial charge in [0.05, 0.1) is 0 Å². The van der Waals surface area contributed by atoms with Crippen molar-refractivity contribution >= 4 is 0 Å². The molecule has 0 unspecified atom stereocenters. The second-order valence-corrected chi connectivity index (χ2v) is 4.04. The maximum Gasteiger partial charge on any atom is 0.182 e. The molecule has 5 heteroatoms. The van der Waals surface area contributed by atoms with Gasteiger partial charge in [-0.2, -0.15) is 0 Å². The number of hydrogen-bond donors (Lipinski definition) is 1. The number of nitrogens with two attached hydrogens (primary N) is 1. The average Bonchev–Trinajstić information content (AvgIpc) is 2.78. The molecule has 0 radical (unpaired) electrons. The van der Waals surface area contributed by atoms with E-state index in [0.717, 1.165) is 30.8 Å². The molecule has 0 spiro atoms. The SMILES string of the molecule is Cc1ccccc1-c1nnnn1CCCCN. The smallest absolute Gasteiger partial charge is 0.182 e. The maximum absolute atomic E-state index is 5.48. The highest BCUT2D eigenvalue weighted by Gasteiger charge is 2.09. The third kappa shape index (κ3) is 2.68. The molecule has 0 amide bonds. The maximum atomic E-state index is 5.48. The van der Waals surface area contributed by atoms with Crippen LogP contribution >= 0.6 is 0 Å². The minimum absolute atomic E-state index is 0.710. The van der Waals surface area contributed by atoms with E-state index in [2.05, 4.69) is 28.5 Å². The molecule has 0 bridgehead atoms. The molecule has 2 rings (SSSR count). The molecule has 0 fully saturated rings. The lowest BCUT2D eigenvalue weighted by atomic mass is 10.1. The largest absolute Gasteiger partial charge is 0.330 e. The Morgan fingerprint density at radius 1 is 1.24 bits per heavy atom. The summed E-state index contributed by atoms with van der Waals surface area (Å²) in [7, 11) is 0. The first-order chi connectivity index (χ1) is 8.33. The molecule has 0 saturated heterocycles. The van der Waals surface area contributed by atoms with Crippen LogP contribution in [0, 0.1) is 6.92 Å². The van der Waals surface area contributed by atoms with Gasteiger partial charge in [-0.05, 0) is 42.3 Å². The van der Waals surface area contributed by atoms with Crippen molar-refractivity contribution in [1.29, 1.82) is 0 Å². The number of aryl methyl sites for hydroxylation is 2. The molecule has 1 aromatic heterocycles. The van der Waals surface area contributed by atoms with Crippen molar-refractivity contribution in [2.24, 2.45) is 5.73 Å². The summed E-state index contributed by atoms with van der Waals surface area (Å²) in [5.74, 6) is 0.833. The molecule has 1 aromatic carbocycles. The van der Waals surface area contributed by atoms with Crippen LogP contribution in [0.4, 0.5) is 0 Å². The van der Waals surface area contributed by atoms with E-state index in [1.54, 1.807) is 0 Å². The second-order valence-electron chi connectivity index (χ2n) is 4.04. The molecule has 2 N–H and O–H groups in total. The molecule has 90 valence electrons. The number of benzene rings is 1. The van der Waals surface area contributed by atoms with Gasteiger partial charge in [0.25, 0.3) is 0 Å². The van der Waals surface area contributed by atoms with Gasteiger partial charge in [-0.15, -0.1) is 5.10 Å². The lowest BCUT2D eigenvalue weighted by Crippen LogP contribution is -2.06. The number of rotatable bonds is 5. The van der Waals surface area contributed by atoms with Crippen LogP contribution in [0.2, 0.25) is 0 Å². The van der Waals surface area contributed by atoms with Crippen LogP contribution in [-0.4, -0.2) is 26.8 Å². The van der Waals surface area contributed by atoms with Crippen molar-refractivity contribution in [2.75, 3.05) is 6.54 Å². The normalized spacial score (nSPS) is 10.7. The Morgan fingerprint density at radius 3 is 2.82 bits per heavy atom. The predicted molar refractivity (Wildman–Crippen MR) is 66.3 cm³/mol. The Hall–Kier alpha value is -1.75. The Balaban J connectivity index is 2.22. The van der Waals surface area contributed by atoms with E-state index < -0.39 is 0 Å². The quantitative estimate of drug-likeness (QED) is 0.789. The summed E-state index contributed by atoms with van der Waals surface area (Å²) in [6.45, 7) is 3.59. The molecular formula is C12H17N5. The van der Waals surface area contributed by atoms with Crippen LogP contribution in [0.15, 0.2) is 24.3 Å². The summed E-state index contributed by atoms with van der Waals surface area (Å²) in [5, 5.41) is 11.9. The molecule has 0 saturated carbocycles. The molecule has 17 heavy (non-hydrogen) atoms. The van der Waals surface area contributed by atoms with E-state index in [0.29, 0.717) is 6.54 Å². The summed E-state index contributed by atoms with van der Waals surface area (Å²) in [4.78, 5) is 0. The zero-order valence-corrected chi connectivity index (χ0v) is 10.0. The minimum Gasteiger partial charge on any atom is -0.330 e. The minimum atomic E-state index is 0.710. The van der Waals surface area contributed by atoms with E-state index in [9.17, 15) is 0 Å². The van der Waals surface area contributed by atoms with Crippen LogP contribution in [0.3, 0.4) is 0 Å². The van der Waals surface area contributed by atoms with Crippen LogP contribution in [0.25, 0.3) is 11.4 Å². The van der Waals surface area contributed by atoms with Gasteiger partial charge in [0.1, 0.15) is 0 Å². The summed E-state index contributed by atoms with van der Waals surface area (Å²) >= 11 is 0. The Morgan fingerprint density at radius 2 is 2.06 bits per heavy atom. The van der Waals surface area contributed by atoms with E-state index in [4.69, 9.17) is 5.73 Å². The molecule has 5 nitrogen and oxygen atoms in total. The molecular weight excluding hydrogens is 214 g/mol. The first kappa shape index (κ1) is 11.7. The van der Waals surface area contributed by atoms with E-state index in [-0.39, 0.29) is 0 Å². The molecule has 2 aromatic rings. The summed E-state index contributed by atoms with van der Waals surface area (Å²) < 4.78 is 1.85. The number of unbranched alkanes of at least 4 members (excludes halogenated alkanes) is 1. The van der Waals surface area contributed by atoms with Gasteiger partial charge in [0.2, 0.25) is 0 Å². The van der Waals surface area contributed by atoms with Crippen molar-refractivity contribution < 1.29 is 0 Å². The molecule has 0 aliphatic heterocycles. The highest BCUT2D eigenvalue weighted by atomic mass is 15.5. The number of hydrogen-bond acceptors (Lipinski definition) is 4. The van der Waals surface area contributed by atoms with E-state index in [1.165, 1.54) is 5.56 Å².